The molecule has 0 bridgehead atoms. The zero-order valence-corrected chi connectivity index (χ0v) is 9.06. The van der Waals surface area contributed by atoms with Crippen LogP contribution in [0.2, 0.25) is 0 Å². The van der Waals surface area contributed by atoms with Crippen LogP contribution in [0.4, 0.5) is 0 Å². The summed E-state index contributed by atoms with van der Waals surface area (Å²) in [6.07, 6.45) is 0.909. The summed E-state index contributed by atoms with van der Waals surface area (Å²) in [6, 6.07) is 5.50. The van der Waals surface area contributed by atoms with E-state index in [1.165, 1.54) is 0 Å². The normalized spacial score (nSPS) is 23.6. The van der Waals surface area contributed by atoms with Gasteiger partial charge in [0.25, 0.3) is 0 Å². The lowest BCUT2D eigenvalue weighted by molar-refractivity contribution is -0.159. The van der Waals surface area contributed by atoms with Crippen LogP contribution in [-0.4, -0.2) is 28.9 Å². The predicted molar refractivity (Wildman–Crippen MR) is 57.6 cm³/mol. The van der Waals surface area contributed by atoms with Crippen LogP contribution in [-0.2, 0) is 17.6 Å². The van der Waals surface area contributed by atoms with Gasteiger partial charge in [-0.15, -0.1) is 0 Å². The lowest BCUT2D eigenvalue weighted by Gasteiger charge is -2.30. The second-order valence-electron chi connectivity index (χ2n) is 4.11. The van der Waals surface area contributed by atoms with Gasteiger partial charge in [-0.1, -0.05) is 12.1 Å². The molecule has 16 heavy (non-hydrogen) atoms. The second-order valence-corrected chi connectivity index (χ2v) is 4.11. The number of hydrogen-bond donors (Lipinski definition) is 2. The highest BCUT2D eigenvalue weighted by Crippen LogP contribution is 2.34. The summed E-state index contributed by atoms with van der Waals surface area (Å²) in [7, 11) is 1.59. The van der Waals surface area contributed by atoms with Crippen molar-refractivity contribution in [3.63, 3.8) is 0 Å². The summed E-state index contributed by atoms with van der Waals surface area (Å²) in [6.45, 7) is 0. The Bertz CT molecular complexity index is 427. The highest BCUT2D eigenvalue weighted by molar-refractivity contribution is 5.78. The fourth-order valence-electron chi connectivity index (χ4n) is 2.17. The van der Waals surface area contributed by atoms with Gasteiger partial charge >= 0.3 is 5.97 Å². The molecule has 0 fully saturated rings. The van der Waals surface area contributed by atoms with E-state index in [0.29, 0.717) is 6.42 Å². The van der Waals surface area contributed by atoms with Crippen LogP contribution in [0.5, 0.6) is 5.75 Å². The molecule has 1 aliphatic rings. The van der Waals surface area contributed by atoms with Crippen molar-refractivity contribution in [2.45, 2.75) is 24.9 Å². The third-order valence-corrected chi connectivity index (χ3v) is 3.12. The molecule has 0 spiro atoms. The van der Waals surface area contributed by atoms with Gasteiger partial charge in [-0.25, -0.2) is 4.79 Å². The number of fused-ring (bicyclic) bond motifs is 1. The number of methoxy groups -OCH3 is 1. The van der Waals surface area contributed by atoms with Gasteiger partial charge in [0.15, 0.2) is 5.60 Å². The maximum Gasteiger partial charge on any atom is 0.336 e. The molecule has 4 nitrogen and oxygen atoms in total. The zero-order chi connectivity index (χ0) is 11.8. The maximum atomic E-state index is 11.0. The van der Waals surface area contributed by atoms with E-state index in [-0.39, 0.29) is 12.8 Å². The van der Waals surface area contributed by atoms with Crippen LogP contribution in [0.3, 0.4) is 0 Å². The second kappa shape index (κ2) is 3.79. The van der Waals surface area contributed by atoms with Crippen molar-refractivity contribution in [2.24, 2.45) is 0 Å². The first-order valence-corrected chi connectivity index (χ1v) is 5.17. The number of carboxylic acid groups (broad SMARTS) is 1. The first kappa shape index (κ1) is 11.0. The molecule has 1 aliphatic carbocycles. The van der Waals surface area contributed by atoms with E-state index in [1.54, 1.807) is 7.11 Å². The molecule has 2 rings (SSSR count). The largest absolute Gasteiger partial charge is 0.496 e. The van der Waals surface area contributed by atoms with Crippen molar-refractivity contribution < 1.29 is 19.7 Å². The first-order chi connectivity index (χ1) is 7.57. The average molecular weight is 222 g/mol. The van der Waals surface area contributed by atoms with Crippen molar-refractivity contribution in [3.05, 3.63) is 29.3 Å². The smallest absolute Gasteiger partial charge is 0.336 e. The summed E-state index contributed by atoms with van der Waals surface area (Å²) in [5.74, 6) is -0.383. The van der Waals surface area contributed by atoms with E-state index in [0.717, 1.165) is 16.9 Å². The monoisotopic (exact) mass is 222 g/mol. The fourth-order valence-corrected chi connectivity index (χ4v) is 2.17. The molecular weight excluding hydrogens is 208 g/mol. The van der Waals surface area contributed by atoms with Crippen LogP contribution in [0.1, 0.15) is 17.5 Å². The van der Waals surface area contributed by atoms with Gasteiger partial charge in [0.05, 0.1) is 7.11 Å². The van der Waals surface area contributed by atoms with E-state index < -0.39 is 11.6 Å². The Morgan fingerprint density at radius 1 is 1.50 bits per heavy atom. The van der Waals surface area contributed by atoms with Gasteiger partial charge in [-0.05, 0) is 30.0 Å². The molecule has 0 aliphatic heterocycles. The molecule has 1 atom stereocenters. The Kier molecular flexibility index (Phi) is 2.59. The summed E-state index contributed by atoms with van der Waals surface area (Å²) in [5.41, 5.74) is 0.241. The number of benzene rings is 1. The van der Waals surface area contributed by atoms with E-state index in [4.69, 9.17) is 9.84 Å². The number of carboxylic acids is 1. The van der Waals surface area contributed by atoms with Crippen LogP contribution in [0, 0.1) is 0 Å². The van der Waals surface area contributed by atoms with Gasteiger partial charge in [0, 0.05) is 6.42 Å². The molecular formula is C12H14O4. The highest BCUT2D eigenvalue weighted by Gasteiger charge is 2.39. The maximum absolute atomic E-state index is 11.0. The Morgan fingerprint density at radius 2 is 2.25 bits per heavy atom. The van der Waals surface area contributed by atoms with Gasteiger partial charge in [-0.3, -0.25) is 0 Å². The number of carbonyl (C=O) groups is 1. The molecule has 0 aromatic heterocycles. The molecule has 1 unspecified atom stereocenters. The lowest BCUT2D eigenvalue weighted by atomic mass is 9.80. The highest BCUT2D eigenvalue weighted by atomic mass is 16.5. The lowest BCUT2D eigenvalue weighted by Crippen LogP contribution is -2.43. The van der Waals surface area contributed by atoms with Crippen LogP contribution < -0.4 is 4.74 Å². The van der Waals surface area contributed by atoms with Crippen LogP contribution in [0.15, 0.2) is 18.2 Å². The summed E-state index contributed by atoms with van der Waals surface area (Å²) in [5, 5.41) is 18.9. The van der Waals surface area contributed by atoms with E-state index in [1.807, 2.05) is 18.2 Å². The third-order valence-electron chi connectivity index (χ3n) is 3.12. The van der Waals surface area contributed by atoms with Crippen molar-refractivity contribution in [1.29, 1.82) is 0 Å². The first-order valence-electron chi connectivity index (χ1n) is 5.17. The molecule has 1 aromatic carbocycles. The molecule has 0 saturated heterocycles. The third kappa shape index (κ3) is 1.65. The van der Waals surface area contributed by atoms with E-state index in [9.17, 15) is 9.90 Å². The van der Waals surface area contributed by atoms with Gasteiger partial charge < -0.3 is 14.9 Å². The topological polar surface area (TPSA) is 66.8 Å². The van der Waals surface area contributed by atoms with Crippen molar-refractivity contribution >= 4 is 5.97 Å². The van der Waals surface area contributed by atoms with E-state index >= 15 is 0 Å². The molecule has 1 aromatic rings. The molecule has 0 amide bonds. The number of aliphatic carboxylic acids is 1. The van der Waals surface area contributed by atoms with Gasteiger partial charge in [0.1, 0.15) is 5.75 Å². The predicted octanol–water partition coefficient (Wildman–Crippen LogP) is 1.000. The molecule has 86 valence electrons. The Hall–Kier alpha value is -1.55. The molecule has 2 N–H and O–H groups in total. The van der Waals surface area contributed by atoms with Gasteiger partial charge in [0.2, 0.25) is 0 Å². The minimum Gasteiger partial charge on any atom is -0.496 e. The van der Waals surface area contributed by atoms with Crippen molar-refractivity contribution in [3.8, 4) is 5.75 Å². The van der Waals surface area contributed by atoms with E-state index in [2.05, 4.69) is 0 Å². The van der Waals surface area contributed by atoms with Crippen molar-refractivity contribution in [2.75, 3.05) is 7.11 Å². The van der Waals surface area contributed by atoms with Gasteiger partial charge in [-0.2, -0.15) is 0 Å². The summed E-state index contributed by atoms with van der Waals surface area (Å²) < 4.78 is 5.21. The minimum absolute atomic E-state index is 0.148. The van der Waals surface area contributed by atoms with Crippen LogP contribution >= 0.6 is 0 Å². The quantitative estimate of drug-likeness (QED) is 0.783. The average Bonchev–Trinajstić information content (AvgIpc) is 2.27. The molecule has 0 saturated carbocycles. The Balaban J connectivity index is 2.39. The minimum atomic E-state index is -1.63. The number of hydrogen-bond acceptors (Lipinski definition) is 3. The van der Waals surface area contributed by atoms with Crippen LogP contribution in [0.25, 0.3) is 0 Å². The number of aliphatic hydroxyl groups is 1. The Morgan fingerprint density at radius 3 is 2.88 bits per heavy atom. The Labute approximate surface area is 93.5 Å². The number of rotatable bonds is 2. The zero-order valence-electron chi connectivity index (χ0n) is 9.06. The molecule has 0 radical (unpaired) electrons. The number of ether oxygens (including phenoxy) is 1. The van der Waals surface area contributed by atoms with Crippen molar-refractivity contribution in [1.82, 2.24) is 0 Å². The standard InChI is InChI=1S/C12H14O4/c1-16-10-4-2-3-8-7-12(15,11(13)14)6-5-9(8)10/h2-4,15H,5-7H2,1H3,(H,13,14). The molecule has 0 heterocycles. The molecule has 4 heteroatoms. The SMILES string of the molecule is COc1cccc2c1CCC(O)(C(=O)O)C2. The fraction of sp³-hybridized carbons (Fsp3) is 0.417. The summed E-state index contributed by atoms with van der Waals surface area (Å²) in [4.78, 5) is 11.0. The summed E-state index contributed by atoms with van der Waals surface area (Å²) >= 11 is 0.